The van der Waals surface area contributed by atoms with Gasteiger partial charge in [-0.3, -0.25) is 9.59 Å². The van der Waals surface area contributed by atoms with Gasteiger partial charge in [0.1, 0.15) is 11.5 Å². The molecule has 0 aromatic heterocycles. The number of methoxy groups -OCH3 is 2. The number of hydrazone groups is 1. The Hall–Kier alpha value is -2.77. The SMILES string of the molecule is COc1ccc(OC)c(C=NNC(=O)C(=O)Nc2cc(Cl)ccc2Cl)c1. The molecule has 0 aliphatic carbocycles. The van der Waals surface area contributed by atoms with Crippen molar-refractivity contribution in [2.75, 3.05) is 19.5 Å². The summed E-state index contributed by atoms with van der Waals surface area (Å²) in [5, 5.41) is 6.72. The highest BCUT2D eigenvalue weighted by Crippen LogP contribution is 2.25. The fraction of sp³-hybridized carbons (Fsp3) is 0.118. The van der Waals surface area contributed by atoms with Crippen LogP contribution in [0.5, 0.6) is 11.5 Å². The molecular formula is C17H15Cl2N3O4. The second kappa shape index (κ2) is 9.07. The fourth-order valence-corrected chi connectivity index (χ4v) is 2.26. The molecule has 2 rings (SSSR count). The summed E-state index contributed by atoms with van der Waals surface area (Å²) in [5.41, 5.74) is 2.90. The average Bonchev–Trinajstić information content (AvgIpc) is 2.64. The number of hydrogen-bond donors (Lipinski definition) is 2. The third kappa shape index (κ3) is 5.11. The van der Waals surface area contributed by atoms with Gasteiger partial charge < -0.3 is 14.8 Å². The molecule has 2 amide bonds. The molecule has 0 heterocycles. The number of nitrogens with zero attached hydrogens (tertiary/aromatic N) is 1. The smallest absolute Gasteiger partial charge is 0.329 e. The van der Waals surface area contributed by atoms with E-state index in [1.807, 2.05) is 0 Å². The zero-order chi connectivity index (χ0) is 19.1. The summed E-state index contributed by atoms with van der Waals surface area (Å²) in [6, 6.07) is 9.57. The lowest BCUT2D eigenvalue weighted by atomic mass is 10.2. The van der Waals surface area contributed by atoms with E-state index in [1.165, 1.54) is 32.6 Å². The Morgan fingerprint density at radius 2 is 1.81 bits per heavy atom. The standard InChI is InChI=1S/C17H15Cl2N3O4/c1-25-12-4-6-15(26-2)10(7-12)9-20-22-17(24)16(23)21-14-8-11(18)3-5-13(14)19/h3-9H,1-2H3,(H,21,23)(H,22,24). The van der Waals surface area contributed by atoms with Gasteiger partial charge in [0, 0.05) is 10.6 Å². The summed E-state index contributed by atoms with van der Waals surface area (Å²) in [6.45, 7) is 0. The fourth-order valence-electron chi connectivity index (χ4n) is 1.92. The normalized spacial score (nSPS) is 10.5. The van der Waals surface area contributed by atoms with Crippen molar-refractivity contribution >= 4 is 46.9 Å². The Balaban J connectivity index is 2.02. The van der Waals surface area contributed by atoms with Crippen molar-refractivity contribution in [2.45, 2.75) is 0 Å². The zero-order valence-electron chi connectivity index (χ0n) is 13.9. The maximum Gasteiger partial charge on any atom is 0.329 e. The first-order chi connectivity index (χ1) is 12.4. The minimum Gasteiger partial charge on any atom is -0.497 e. The zero-order valence-corrected chi connectivity index (χ0v) is 15.4. The van der Waals surface area contributed by atoms with E-state index in [-0.39, 0.29) is 10.7 Å². The molecule has 136 valence electrons. The number of anilines is 1. The lowest BCUT2D eigenvalue weighted by molar-refractivity contribution is -0.136. The van der Waals surface area contributed by atoms with Crippen molar-refractivity contribution in [2.24, 2.45) is 5.10 Å². The third-order valence-corrected chi connectivity index (χ3v) is 3.75. The molecule has 0 spiro atoms. The monoisotopic (exact) mass is 395 g/mol. The van der Waals surface area contributed by atoms with E-state index in [0.717, 1.165) is 0 Å². The van der Waals surface area contributed by atoms with Crippen molar-refractivity contribution in [3.8, 4) is 11.5 Å². The number of amides is 2. The van der Waals surface area contributed by atoms with E-state index in [1.54, 1.807) is 24.3 Å². The van der Waals surface area contributed by atoms with E-state index < -0.39 is 11.8 Å². The summed E-state index contributed by atoms with van der Waals surface area (Å²) in [5.74, 6) is -0.797. The molecule has 0 atom stereocenters. The van der Waals surface area contributed by atoms with Crippen LogP contribution >= 0.6 is 23.2 Å². The van der Waals surface area contributed by atoms with Crippen molar-refractivity contribution in [3.05, 3.63) is 52.0 Å². The van der Waals surface area contributed by atoms with Crippen LogP contribution in [0, 0.1) is 0 Å². The quantitative estimate of drug-likeness (QED) is 0.462. The summed E-state index contributed by atoms with van der Waals surface area (Å²) in [7, 11) is 3.02. The minimum absolute atomic E-state index is 0.220. The van der Waals surface area contributed by atoms with E-state index in [9.17, 15) is 9.59 Å². The summed E-state index contributed by atoms with van der Waals surface area (Å²) >= 11 is 11.8. The topological polar surface area (TPSA) is 89.0 Å². The van der Waals surface area contributed by atoms with Crippen molar-refractivity contribution in [1.29, 1.82) is 0 Å². The maximum atomic E-state index is 11.9. The molecule has 0 bridgehead atoms. The highest BCUT2D eigenvalue weighted by Gasteiger charge is 2.15. The van der Waals surface area contributed by atoms with Gasteiger partial charge in [-0.25, -0.2) is 5.43 Å². The second-order valence-corrected chi connectivity index (χ2v) is 5.73. The van der Waals surface area contributed by atoms with Crippen molar-refractivity contribution in [3.63, 3.8) is 0 Å². The van der Waals surface area contributed by atoms with Gasteiger partial charge in [0.2, 0.25) is 0 Å². The second-order valence-electron chi connectivity index (χ2n) is 4.89. The van der Waals surface area contributed by atoms with Crippen molar-refractivity contribution in [1.82, 2.24) is 5.43 Å². The highest BCUT2D eigenvalue weighted by atomic mass is 35.5. The van der Waals surface area contributed by atoms with Crippen LogP contribution in [0.25, 0.3) is 0 Å². The Bertz CT molecular complexity index is 856. The lowest BCUT2D eigenvalue weighted by Crippen LogP contribution is -2.32. The van der Waals surface area contributed by atoms with Gasteiger partial charge in [-0.2, -0.15) is 5.10 Å². The molecule has 0 aliphatic rings. The van der Waals surface area contributed by atoms with Crippen LogP contribution in [0.3, 0.4) is 0 Å². The lowest BCUT2D eigenvalue weighted by Gasteiger charge is -2.07. The molecule has 7 nitrogen and oxygen atoms in total. The Labute approximate surface area is 159 Å². The molecule has 0 saturated heterocycles. The van der Waals surface area contributed by atoms with E-state index in [0.29, 0.717) is 22.1 Å². The number of hydrogen-bond acceptors (Lipinski definition) is 5. The van der Waals surface area contributed by atoms with Gasteiger partial charge in [0.05, 0.1) is 31.1 Å². The van der Waals surface area contributed by atoms with Crippen LogP contribution in [-0.4, -0.2) is 32.2 Å². The average molecular weight is 396 g/mol. The van der Waals surface area contributed by atoms with E-state index in [2.05, 4.69) is 15.8 Å². The first-order valence-electron chi connectivity index (χ1n) is 7.26. The Morgan fingerprint density at radius 3 is 2.50 bits per heavy atom. The van der Waals surface area contributed by atoms with Gasteiger partial charge >= 0.3 is 11.8 Å². The van der Waals surface area contributed by atoms with Crippen molar-refractivity contribution < 1.29 is 19.1 Å². The maximum absolute atomic E-state index is 11.9. The predicted molar refractivity (Wildman–Crippen MR) is 100 cm³/mol. The minimum atomic E-state index is -0.973. The van der Waals surface area contributed by atoms with Crippen LogP contribution in [-0.2, 0) is 9.59 Å². The van der Waals surface area contributed by atoms with Crippen LogP contribution in [0.2, 0.25) is 10.0 Å². The van der Waals surface area contributed by atoms with E-state index in [4.69, 9.17) is 32.7 Å². The van der Waals surface area contributed by atoms with Gasteiger partial charge in [-0.05, 0) is 36.4 Å². The number of carbonyl (C=O) groups is 2. The van der Waals surface area contributed by atoms with Crippen LogP contribution in [0.15, 0.2) is 41.5 Å². The predicted octanol–water partition coefficient (Wildman–Crippen LogP) is 3.10. The summed E-state index contributed by atoms with van der Waals surface area (Å²) in [4.78, 5) is 23.7. The van der Waals surface area contributed by atoms with E-state index >= 15 is 0 Å². The number of rotatable bonds is 5. The molecule has 0 aliphatic heterocycles. The molecule has 2 aromatic carbocycles. The molecule has 2 aromatic rings. The molecular weight excluding hydrogens is 381 g/mol. The number of nitrogens with one attached hydrogen (secondary N) is 2. The number of halogens is 2. The summed E-state index contributed by atoms with van der Waals surface area (Å²) in [6.07, 6.45) is 1.33. The largest absolute Gasteiger partial charge is 0.497 e. The molecule has 2 N–H and O–H groups in total. The van der Waals surface area contributed by atoms with Gasteiger partial charge in [-0.15, -0.1) is 0 Å². The highest BCUT2D eigenvalue weighted by molar-refractivity contribution is 6.42. The molecule has 0 saturated carbocycles. The molecule has 9 heteroatoms. The Kier molecular flexibility index (Phi) is 6.82. The van der Waals surface area contributed by atoms with Crippen LogP contribution in [0.4, 0.5) is 5.69 Å². The summed E-state index contributed by atoms with van der Waals surface area (Å²) < 4.78 is 10.3. The number of ether oxygens (including phenoxy) is 2. The van der Waals surface area contributed by atoms with Crippen LogP contribution < -0.4 is 20.2 Å². The third-order valence-electron chi connectivity index (χ3n) is 3.19. The number of carbonyl (C=O) groups excluding carboxylic acids is 2. The van der Waals surface area contributed by atoms with Crippen LogP contribution in [0.1, 0.15) is 5.56 Å². The molecule has 0 radical (unpaired) electrons. The first-order valence-corrected chi connectivity index (χ1v) is 8.01. The molecule has 0 unspecified atom stereocenters. The van der Waals surface area contributed by atoms with Gasteiger partial charge in [0.25, 0.3) is 0 Å². The number of benzene rings is 2. The first kappa shape index (κ1) is 19.6. The molecule has 26 heavy (non-hydrogen) atoms. The Morgan fingerprint density at radius 1 is 1.04 bits per heavy atom. The molecule has 0 fully saturated rings. The van der Waals surface area contributed by atoms with Gasteiger partial charge in [-0.1, -0.05) is 23.2 Å². The van der Waals surface area contributed by atoms with Gasteiger partial charge in [0.15, 0.2) is 0 Å².